The van der Waals surface area contributed by atoms with Crippen LogP contribution in [-0.4, -0.2) is 59.7 Å². The summed E-state index contributed by atoms with van der Waals surface area (Å²) >= 11 is 1.65. The topological polar surface area (TPSA) is 102 Å². The molecule has 0 bridgehead atoms. The van der Waals surface area contributed by atoms with E-state index in [4.69, 9.17) is 4.74 Å². The molecular weight excluding hydrogens is 440 g/mol. The van der Waals surface area contributed by atoms with Crippen LogP contribution in [0.15, 0.2) is 60.7 Å². The fraction of sp³-hybridized carbons (Fsp3) is 0.348. The number of β-lactam (4-membered cyclic amide) rings is 1. The van der Waals surface area contributed by atoms with Gasteiger partial charge in [0.2, 0.25) is 5.91 Å². The van der Waals surface area contributed by atoms with Gasteiger partial charge in [-0.05, 0) is 42.0 Å². The number of tetrazole rings is 1. The Morgan fingerprint density at radius 2 is 1.82 bits per heavy atom. The van der Waals surface area contributed by atoms with Crippen molar-refractivity contribution in [3.8, 4) is 5.75 Å². The predicted octanol–water partition coefficient (Wildman–Crippen LogP) is 2.02. The van der Waals surface area contributed by atoms with Crippen molar-refractivity contribution in [2.24, 2.45) is 0 Å². The highest BCUT2D eigenvalue weighted by atomic mass is 32.2. The van der Waals surface area contributed by atoms with E-state index >= 15 is 0 Å². The molecule has 10 heteroatoms. The number of carbonyl (C=O) groups is 2. The minimum atomic E-state index is -0.593. The Morgan fingerprint density at radius 1 is 1.12 bits per heavy atom. The second-order valence-electron chi connectivity index (χ2n) is 8.59. The first-order chi connectivity index (χ1) is 15.9. The predicted molar refractivity (Wildman–Crippen MR) is 122 cm³/mol. The van der Waals surface area contributed by atoms with Crippen molar-refractivity contribution in [2.45, 2.75) is 42.6 Å². The van der Waals surface area contributed by atoms with Gasteiger partial charge in [-0.2, -0.15) is 0 Å². The molecule has 3 heterocycles. The molecule has 0 aliphatic carbocycles. The van der Waals surface area contributed by atoms with E-state index in [1.807, 2.05) is 48.5 Å². The van der Waals surface area contributed by atoms with E-state index in [1.165, 1.54) is 0 Å². The first-order valence-electron chi connectivity index (χ1n) is 10.7. The van der Waals surface area contributed by atoms with Crippen LogP contribution in [0.3, 0.4) is 0 Å². The quantitative estimate of drug-likeness (QED) is 0.534. The van der Waals surface area contributed by atoms with E-state index in [-0.39, 0.29) is 34.6 Å². The molecule has 9 nitrogen and oxygen atoms in total. The molecule has 2 amide bonds. The van der Waals surface area contributed by atoms with Crippen LogP contribution in [0, 0.1) is 0 Å². The molecule has 0 radical (unpaired) electrons. The van der Waals surface area contributed by atoms with Gasteiger partial charge in [0, 0.05) is 4.75 Å². The zero-order chi connectivity index (χ0) is 23.0. The van der Waals surface area contributed by atoms with E-state index < -0.39 is 6.04 Å². The number of nitrogens with zero attached hydrogens (tertiary/aromatic N) is 5. The van der Waals surface area contributed by atoms with Gasteiger partial charge in [0.15, 0.2) is 12.4 Å². The van der Waals surface area contributed by atoms with Crippen molar-refractivity contribution in [3.05, 3.63) is 72.1 Å². The third-order valence-corrected chi connectivity index (χ3v) is 7.42. The van der Waals surface area contributed by atoms with Crippen LogP contribution < -0.4 is 10.1 Å². The normalized spacial score (nSPS) is 23.0. The van der Waals surface area contributed by atoms with Crippen LogP contribution >= 0.6 is 11.8 Å². The van der Waals surface area contributed by atoms with Crippen LogP contribution in [0.5, 0.6) is 5.75 Å². The van der Waals surface area contributed by atoms with Crippen LogP contribution in [-0.2, 0) is 16.1 Å². The molecule has 2 saturated heterocycles. The third kappa shape index (κ3) is 4.06. The molecular formula is C23H24N6O3S. The lowest BCUT2D eigenvalue weighted by Gasteiger charge is -2.44. The lowest BCUT2D eigenvalue weighted by molar-refractivity contribution is -0.152. The molecule has 170 valence electrons. The molecule has 3 atom stereocenters. The van der Waals surface area contributed by atoms with Gasteiger partial charge < -0.3 is 15.0 Å². The summed E-state index contributed by atoms with van der Waals surface area (Å²) in [6.07, 6.45) is 0. The summed E-state index contributed by atoms with van der Waals surface area (Å²) in [6, 6.07) is 18.2. The van der Waals surface area contributed by atoms with Gasteiger partial charge in [0.05, 0.1) is 6.54 Å². The number of thioether (sulfide) groups is 1. The molecule has 5 rings (SSSR count). The monoisotopic (exact) mass is 464 g/mol. The molecule has 2 aromatic carbocycles. The van der Waals surface area contributed by atoms with Crippen LogP contribution in [0.4, 0.5) is 0 Å². The Bertz CT molecular complexity index is 1150. The van der Waals surface area contributed by atoms with Crippen LogP contribution in [0.2, 0.25) is 0 Å². The van der Waals surface area contributed by atoms with Crippen molar-refractivity contribution in [3.63, 3.8) is 0 Å². The van der Waals surface area contributed by atoms with Gasteiger partial charge in [0.25, 0.3) is 5.91 Å². The molecule has 1 aromatic heterocycles. The Hall–Kier alpha value is -3.40. The third-order valence-electron chi connectivity index (χ3n) is 5.85. The molecule has 0 saturated carbocycles. The molecule has 1 N–H and O–H groups in total. The summed E-state index contributed by atoms with van der Waals surface area (Å²) in [4.78, 5) is 27.3. The minimum Gasteiger partial charge on any atom is -0.484 e. The second kappa shape index (κ2) is 8.51. The summed E-state index contributed by atoms with van der Waals surface area (Å²) in [5.41, 5.74) is 1.07. The van der Waals surface area contributed by atoms with E-state index in [9.17, 15) is 9.59 Å². The summed E-state index contributed by atoms with van der Waals surface area (Å²) in [5, 5.41) is 15.0. The number of carbonyl (C=O) groups excluding carboxylic acids is 2. The average Bonchev–Trinajstić information content (AvgIpc) is 3.36. The largest absolute Gasteiger partial charge is 0.484 e. The SMILES string of the molecule is CC1(C)S[C@H]2C(NC(=O)COc3ccccc3)C(=O)N2C1c1nnnn1Cc1ccccc1. The first-order valence-corrected chi connectivity index (χ1v) is 11.6. The smallest absolute Gasteiger partial charge is 0.258 e. The number of benzene rings is 2. The lowest BCUT2D eigenvalue weighted by atomic mass is 9.95. The maximum Gasteiger partial charge on any atom is 0.258 e. The maximum absolute atomic E-state index is 13.1. The number of amides is 2. The number of para-hydroxylation sites is 1. The highest BCUT2D eigenvalue weighted by Gasteiger charge is 2.63. The zero-order valence-corrected chi connectivity index (χ0v) is 19.1. The minimum absolute atomic E-state index is 0.134. The van der Waals surface area contributed by atoms with Crippen molar-refractivity contribution < 1.29 is 14.3 Å². The maximum atomic E-state index is 13.1. The highest BCUT2D eigenvalue weighted by Crippen LogP contribution is 2.56. The average molecular weight is 465 g/mol. The van der Waals surface area contributed by atoms with Crippen LogP contribution in [0.1, 0.15) is 31.3 Å². The summed E-state index contributed by atoms with van der Waals surface area (Å²) in [6.45, 7) is 4.52. The lowest BCUT2D eigenvalue weighted by Crippen LogP contribution is -2.68. The Labute approximate surface area is 195 Å². The van der Waals surface area contributed by atoms with Gasteiger partial charge in [-0.1, -0.05) is 48.5 Å². The molecule has 2 aliphatic rings. The summed E-state index contributed by atoms with van der Waals surface area (Å²) < 4.78 is 6.92. The van der Waals surface area contributed by atoms with Crippen molar-refractivity contribution in [1.29, 1.82) is 0 Å². The number of nitrogens with one attached hydrogen (secondary N) is 1. The van der Waals surface area contributed by atoms with Gasteiger partial charge in [-0.3, -0.25) is 9.59 Å². The highest BCUT2D eigenvalue weighted by molar-refractivity contribution is 8.01. The van der Waals surface area contributed by atoms with E-state index in [1.54, 1.807) is 33.5 Å². The van der Waals surface area contributed by atoms with Gasteiger partial charge in [-0.15, -0.1) is 16.9 Å². The fourth-order valence-electron chi connectivity index (χ4n) is 4.32. The van der Waals surface area contributed by atoms with Gasteiger partial charge >= 0.3 is 0 Å². The Morgan fingerprint density at radius 3 is 2.55 bits per heavy atom. The number of hydrogen-bond acceptors (Lipinski definition) is 7. The standard InChI is InChI=1S/C23H24N6O3S/c1-23(2)19(20-25-26-27-28(20)13-15-9-5-3-6-10-15)29-21(31)18(22(29)33-23)24-17(30)14-32-16-11-7-4-8-12-16/h3-12,18-19,22H,13-14H2,1-2H3,(H,24,30)/t18?,19?,22-/m0/s1. The molecule has 2 fully saturated rings. The van der Waals surface area contributed by atoms with Gasteiger partial charge in [0.1, 0.15) is 23.2 Å². The molecule has 3 aromatic rings. The number of hydrogen-bond donors (Lipinski definition) is 1. The van der Waals surface area contributed by atoms with Gasteiger partial charge in [-0.25, -0.2) is 4.68 Å². The number of rotatable bonds is 7. The van der Waals surface area contributed by atoms with E-state index in [0.717, 1.165) is 5.56 Å². The Kier molecular flexibility index (Phi) is 5.53. The Balaban J connectivity index is 1.28. The molecule has 33 heavy (non-hydrogen) atoms. The summed E-state index contributed by atoms with van der Waals surface area (Å²) in [7, 11) is 0. The van der Waals surface area contributed by atoms with Crippen molar-refractivity contribution in [2.75, 3.05) is 6.61 Å². The van der Waals surface area contributed by atoms with Crippen LogP contribution in [0.25, 0.3) is 0 Å². The van der Waals surface area contributed by atoms with E-state index in [0.29, 0.717) is 18.1 Å². The van der Waals surface area contributed by atoms with Crippen molar-refractivity contribution in [1.82, 2.24) is 30.4 Å². The zero-order valence-electron chi connectivity index (χ0n) is 18.3. The number of aromatic nitrogens is 4. The number of ether oxygens (including phenoxy) is 1. The molecule has 2 unspecified atom stereocenters. The van der Waals surface area contributed by atoms with E-state index in [2.05, 4.69) is 34.7 Å². The summed E-state index contributed by atoms with van der Waals surface area (Å²) in [5.74, 6) is 0.790. The first kappa shape index (κ1) is 21.4. The fourth-order valence-corrected chi connectivity index (χ4v) is 5.95. The second-order valence-corrected chi connectivity index (χ2v) is 10.4. The number of fused-ring (bicyclic) bond motifs is 1. The molecule has 2 aliphatic heterocycles. The molecule has 0 spiro atoms. The van der Waals surface area contributed by atoms with Crippen molar-refractivity contribution >= 4 is 23.6 Å².